The van der Waals surface area contributed by atoms with E-state index >= 15 is 0 Å². The summed E-state index contributed by atoms with van der Waals surface area (Å²) in [4.78, 5) is 21.4. The Morgan fingerprint density at radius 2 is 1.93 bits per heavy atom. The van der Waals surface area contributed by atoms with E-state index in [1.165, 1.54) is 6.08 Å². The summed E-state index contributed by atoms with van der Waals surface area (Å²) >= 11 is 0. The molecule has 0 fully saturated rings. The minimum Gasteiger partial charge on any atom is -0.481 e. The van der Waals surface area contributed by atoms with E-state index in [0.717, 1.165) is 0 Å². The van der Waals surface area contributed by atoms with Gasteiger partial charge < -0.3 is 10.4 Å². The lowest BCUT2D eigenvalue weighted by atomic mass is 9.96. The van der Waals surface area contributed by atoms with Crippen molar-refractivity contribution >= 4 is 11.9 Å². The monoisotopic (exact) mass is 213 g/mol. The molecule has 0 heterocycles. The van der Waals surface area contributed by atoms with Gasteiger partial charge in [-0.3, -0.25) is 9.59 Å². The van der Waals surface area contributed by atoms with Crippen molar-refractivity contribution in [2.24, 2.45) is 5.41 Å². The lowest BCUT2D eigenvalue weighted by Crippen LogP contribution is -2.23. The second-order valence-electron chi connectivity index (χ2n) is 4.49. The molecule has 0 aromatic rings. The number of carbonyl (C=O) groups is 2. The molecule has 86 valence electrons. The number of nitrogens with one attached hydrogen (secondary N) is 1. The summed E-state index contributed by atoms with van der Waals surface area (Å²) < 4.78 is 0. The van der Waals surface area contributed by atoms with Crippen molar-refractivity contribution in [2.75, 3.05) is 6.54 Å². The summed E-state index contributed by atoms with van der Waals surface area (Å²) in [7, 11) is 0. The van der Waals surface area contributed by atoms with Gasteiger partial charge in [-0.2, -0.15) is 0 Å². The number of amides is 1. The Balaban J connectivity index is 3.67. The second-order valence-corrected chi connectivity index (χ2v) is 4.49. The van der Waals surface area contributed by atoms with E-state index in [0.29, 0.717) is 13.0 Å². The molecule has 0 atom stereocenters. The van der Waals surface area contributed by atoms with Crippen LogP contribution in [0.1, 0.15) is 33.6 Å². The summed E-state index contributed by atoms with van der Waals surface area (Å²) in [6.07, 6.45) is 3.86. The molecule has 0 spiro atoms. The van der Waals surface area contributed by atoms with Crippen molar-refractivity contribution in [3.05, 3.63) is 12.2 Å². The van der Waals surface area contributed by atoms with Crippen molar-refractivity contribution in [1.29, 1.82) is 0 Å². The maximum Gasteiger partial charge on any atom is 0.303 e. The molecule has 0 aliphatic rings. The molecule has 0 aliphatic heterocycles. The molecule has 15 heavy (non-hydrogen) atoms. The molecule has 0 unspecified atom stereocenters. The molecule has 0 rings (SSSR count). The van der Waals surface area contributed by atoms with Crippen LogP contribution in [0.5, 0.6) is 0 Å². The smallest absolute Gasteiger partial charge is 0.303 e. The average molecular weight is 213 g/mol. The number of aliphatic carboxylic acids is 1. The number of hydrogen-bond donors (Lipinski definition) is 2. The minimum atomic E-state index is -0.838. The largest absolute Gasteiger partial charge is 0.481 e. The summed E-state index contributed by atoms with van der Waals surface area (Å²) in [5, 5.41) is 11.0. The van der Waals surface area contributed by atoms with Crippen LogP contribution in [0.2, 0.25) is 0 Å². The minimum absolute atomic E-state index is 0.0155. The van der Waals surface area contributed by atoms with E-state index in [2.05, 4.69) is 5.32 Å². The molecule has 4 heteroatoms. The molecule has 0 aromatic carbocycles. The number of carboxylic acids is 1. The highest BCUT2D eigenvalue weighted by Gasteiger charge is 2.05. The fourth-order valence-corrected chi connectivity index (χ4v) is 0.836. The fourth-order valence-electron chi connectivity index (χ4n) is 0.836. The Morgan fingerprint density at radius 1 is 1.33 bits per heavy atom. The first-order valence-electron chi connectivity index (χ1n) is 5.00. The molecule has 0 radical (unpaired) electrons. The van der Waals surface area contributed by atoms with Crippen LogP contribution < -0.4 is 5.32 Å². The summed E-state index contributed by atoms with van der Waals surface area (Å²) in [6.45, 7) is 6.41. The topological polar surface area (TPSA) is 66.4 Å². The summed E-state index contributed by atoms with van der Waals surface area (Å²) in [6, 6.07) is 0. The third-order valence-corrected chi connectivity index (χ3v) is 1.60. The van der Waals surface area contributed by atoms with Gasteiger partial charge in [0.1, 0.15) is 0 Å². The van der Waals surface area contributed by atoms with Crippen molar-refractivity contribution in [3.8, 4) is 0 Å². The van der Waals surface area contributed by atoms with Crippen LogP contribution in [0.15, 0.2) is 12.2 Å². The summed E-state index contributed by atoms with van der Waals surface area (Å²) in [5.74, 6) is -1.01. The Labute approximate surface area is 90.4 Å². The zero-order valence-electron chi connectivity index (χ0n) is 9.54. The average Bonchev–Trinajstić information content (AvgIpc) is 2.07. The standard InChI is InChI=1S/C11H19NO3/c1-11(2,3)7-6-9(13)12-8-4-5-10(14)15/h6-7H,4-5,8H2,1-3H3,(H,12,13)(H,14,15)/b7-6+. The SMILES string of the molecule is CC(C)(C)/C=C/C(=O)NCCCC(=O)O. The zero-order valence-corrected chi connectivity index (χ0v) is 9.54. The van der Waals surface area contributed by atoms with E-state index in [-0.39, 0.29) is 17.7 Å². The number of rotatable bonds is 5. The third kappa shape index (κ3) is 10.6. The van der Waals surface area contributed by atoms with E-state index in [1.807, 2.05) is 26.8 Å². The number of carbonyl (C=O) groups excluding carboxylic acids is 1. The molecule has 0 saturated carbocycles. The van der Waals surface area contributed by atoms with Crippen LogP contribution in [-0.4, -0.2) is 23.5 Å². The van der Waals surface area contributed by atoms with E-state index in [1.54, 1.807) is 0 Å². The zero-order chi connectivity index (χ0) is 11.9. The van der Waals surface area contributed by atoms with Crippen LogP contribution in [0.3, 0.4) is 0 Å². The molecule has 0 saturated heterocycles. The van der Waals surface area contributed by atoms with Gasteiger partial charge in [0, 0.05) is 13.0 Å². The van der Waals surface area contributed by atoms with E-state index in [4.69, 9.17) is 5.11 Å². The lowest BCUT2D eigenvalue weighted by molar-refractivity contribution is -0.137. The molecule has 0 aromatic heterocycles. The first-order valence-corrected chi connectivity index (χ1v) is 5.00. The van der Waals surface area contributed by atoms with Gasteiger partial charge in [-0.05, 0) is 17.9 Å². The predicted octanol–water partition coefficient (Wildman–Crippen LogP) is 1.57. The van der Waals surface area contributed by atoms with Crippen molar-refractivity contribution in [3.63, 3.8) is 0 Å². The Morgan fingerprint density at radius 3 is 2.40 bits per heavy atom. The highest BCUT2D eigenvalue weighted by Crippen LogP contribution is 2.13. The normalized spacial score (nSPS) is 11.7. The van der Waals surface area contributed by atoms with Gasteiger partial charge in [-0.25, -0.2) is 0 Å². The Hall–Kier alpha value is -1.32. The van der Waals surface area contributed by atoms with Crippen LogP contribution >= 0.6 is 0 Å². The van der Waals surface area contributed by atoms with Crippen LogP contribution in [0.25, 0.3) is 0 Å². The third-order valence-electron chi connectivity index (χ3n) is 1.60. The molecule has 4 nitrogen and oxygen atoms in total. The Kier molecular flexibility index (Phi) is 5.67. The molecular formula is C11H19NO3. The maximum atomic E-state index is 11.2. The van der Waals surface area contributed by atoms with Gasteiger partial charge in [0.05, 0.1) is 0 Å². The van der Waals surface area contributed by atoms with Crippen molar-refractivity contribution < 1.29 is 14.7 Å². The number of carboxylic acid groups (broad SMARTS) is 1. The van der Waals surface area contributed by atoms with Crippen LogP contribution in [0, 0.1) is 5.41 Å². The van der Waals surface area contributed by atoms with Gasteiger partial charge in [0.25, 0.3) is 0 Å². The van der Waals surface area contributed by atoms with E-state index < -0.39 is 5.97 Å². The molecule has 0 bridgehead atoms. The van der Waals surface area contributed by atoms with Gasteiger partial charge in [0.2, 0.25) is 5.91 Å². The quantitative estimate of drug-likeness (QED) is 0.538. The van der Waals surface area contributed by atoms with E-state index in [9.17, 15) is 9.59 Å². The van der Waals surface area contributed by atoms with Gasteiger partial charge >= 0.3 is 5.97 Å². The van der Waals surface area contributed by atoms with Crippen molar-refractivity contribution in [2.45, 2.75) is 33.6 Å². The second kappa shape index (κ2) is 6.22. The van der Waals surface area contributed by atoms with Gasteiger partial charge in [-0.15, -0.1) is 0 Å². The first-order chi connectivity index (χ1) is 6.81. The highest BCUT2D eigenvalue weighted by molar-refractivity contribution is 5.87. The molecule has 0 aliphatic carbocycles. The van der Waals surface area contributed by atoms with Crippen LogP contribution in [0.4, 0.5) is 0 Å². The summed E-state index contributed by atoms with van der Waals surface area (Å²) in [5.41, 5.74) is -0.0155. The molecule has 1 amide bonds. The highest BCUT2D eigenvalue weighted by atomic mass is 16.4. The van der Waals surface area contributed by atoms with Crippen molar-refractivity contribution in [1.82, 2.24) is 5.32 Å². The molecule has 2 N–H and O–H groups in total. The molecular weight excluding hydrogens is 194 g/mol. The van der Waals surface area contributed by atoms with Crippen LogP contribution in [-0.2, 0) is 9.59 Å². The lowest BCUT2D eigenvalue weighted by Gasteiger charge is -2.10. The predicted molar refractivity (Wildman–Crippen MR) is 58.5 cm³/mol. The van der Waals surface area contributed by atoms with Gasteiger partial charge in [-0.1, -0.05) is 26.8 Å². The Bertz CT molecular complexity index is 251. The van der Waals surface area contributed by atoms with Gasteiger partial charge in [0.15, 0.2) is 0 Å². The maximum absolute atomic E-state index is 11.2. The number of allylic oxidation sites excluding steroid dienone is 1. The number of hydrogen-bond acceptors (Lipinski definition) is 2. The first kappa shape index (κ1) is 13.7. The fraction of sp³-hybridized carbons (Fsp3) is 0.636.